The summed E-state index contributed by atoms with van der Waals surface area (Å²) in [6, 6.07) is 9.91. The molecule has 0 aliphatic rings. The Balaban J connectivity index is 2.33. The predicted molar refractivity (Wildman–Crippen MR) is 79.7 cm³/mol. The van der Waals surface area contributed by atoms with Crippen LogP contribution in [0.4, 0.5) is 4.39 Å². The highest BCUT2D eigenvalue weighted by molar-refractivity contribution is 14.1. The van der Waals surface area contributed by atoms with Crippen molar-refractivity contribution >= 4 is 39.3 Å². The SMILES string of the molecule is O=C(NCCCI)c1ccc(F)c2ccccc12. The van der Waals surface area contributed by atoms with Crippen LogP contribution in [0.25, 0.3) is 10.8 Å². The number of carbonyl (C=O) groups excluding carboxylic acids is 1. The van der Waals surface area contributed by atoms with E-state index < -0.39 is 0 Å². The maximum absolute atomic E-state index is 13.6. The molecule has 0 aliphatic carbocycles. The molecule has 1 amide bonds. The quantitative estimate of drug-likeness (QED) is 0.506. The van der Waals surface area contributed by atoms with Gasteiger partial charge < -0.3 is 5.32 Å². The van der Waals surface area contributed by atoms with Crippen molar-refractivity contribution < 1.29 is 9.18 Å². The molecule has 0 saturated carbocycles. The Morgan fingerprint density at radius 3 is 2.61 bits per heavy atom. The van der Waals surface area contributed by atoms with E-state index in [9.17, 15) is 9.18 Å². The third kappa shape index (κ3) is 2.80. The first-order valence-electron chi connectivity index (χ1n) is 5.75. The standard InChI is InChI=1S/C14H13FINO/c15-13-7-6-12(14(18)17-9-3-8-16)10-4-1-2-5-11(10)13/h1-2,4-7H,3,8-9H2,(H,17,18). The van der Waals surface area contributed by atoms with Gasteiger partial charge >= 0.3 is 0 Å². The van der Waals surface area contributed by atoms with E-state index in [2.05, 4.69) is 27.9 Å². The molecular formula is C14H13FINO. The molecule has 0 radical (unpaired) electrons. The van der Waals surface area contributed by atoms with E-state index in [1.165, 1.54) is 12.1 Å². The monoisotopic (exact) mass is 357 g/mol. The molecule has 0 bridgehead atoms. The fourth-order valence-electron chi connectivity index (χ4n) is 1.82. The minimum Gasteiger partial charge on any atom is -0.352 e. The normalized spacial score (nSPS) is 10.6. The highest BCUT2D eigenvalue weighted by atomic mass is 127. The van der Waals surface area contributed by atoms with Crippen LogP contribution in [-0.2, 0) is 0 Å². The van der Waals surface area contributed by atoms with Crippen molar-refractivity contribution in [2.75, 3.05) is 11.0 Å². The van der Waals surface area contributed by atoms with Gasteiger partial charge in [-0.15, -0.1) is 0 Å². The number of hydrogen-bond acceptors (Lipinski definition) is 1. The minimum absolute atomic E-state index is 0.143. The second-order valence-corrected chi connectivity index (χ2v) is 5.02. The lowest BCUT2D eigenvalue weighted by atomic mass is 10.0. The van der Waals surface area contributed by atoms with Gasteiger partial charge in [0, 0.05) is 21.9 Å². The Kier molecular flexibility index (Phi) is 4.52. The molecule has 2 aromatic rings. The fourth-order valence-corrected chi connectivity index (χ4v) is 2.21. The summed E-state index contributed by atoms with van der Waals surface area (Å²) in [7, 11) is 0. The van der Waals surface area contributed by atoms with Crippen molar-refractivity contribution in [3.05, 3.63) is 47.8 Å². The van der Waals surface area contributed by atoms with Gasteiger partial charge in [-0.25, -0.2) is 4.39 Å². The van der Waals surface area contributed by atoms with Crippen LogP contribution >= 0.6 is 22.6 Å². The summed E-state index contributed by atoms with van der Waals surface area (Å²) in [5.74, 6) is -0.439. The van der Waals surface area contributed by atoms with Crippen molar-refractivity contribution in [2.24, 2.45) is 0 Å². The van der Waals surface area contributed by atoms with Gasteiger partial charge in [0.05, 0.1) is 0 Å². The minimum atomic E-state index is -0.297. The van der Waals surface area contributed by atoms with Crippen molar-refractivity contribution in [1.82, 2.24) is 5.32 Å². The molecule has 2 rings (SSSR count). The predicted octanol–water partition coefficient (Wildman–Crippen LogP) is 3.53. The first-order valence-corrected chi connectivity index (χ1v) is 7.28. The zero-order valence-electron chi connectivity index (χ0n) is 9.75. The highest BCUT2D eigenvalue weighted by Crippen LogP contribution is 2.21. The Bertz CT molecular complexity index is 571. The Morgan fingerprint density at radius 2 is 1.89 bits per heavy atom. The summed E-state index contributed by atoms with van der Waals surface area (Å²) < 4.78 is 14.6. The van der Waals surface area contributed by atoms with Gasteiger partial charge in [-0.1, -0.05) is 46.9 Å². The molecule has 0 fully saturated rings. The number of alkyl halides is 1. The van der Waals surface area contributed by atoms with E-state index in [4.69, 9.17) is 0 Å². The summed E-state index contributed by atoms with van der Waals surface area (Å²) in [5, 5.41) is 3.99. The fraction of sp³-hybridized carbons (Fsp3) is 0.214. The molecule has 2 nitrogen and oxygen atoms in total. The summed E-state index contributed by atoms with van der Waals surface area (Å²) in [5.41, 5.74) is 0.528. The van der Waals surface area contributed by atoms with Crippen LogP contribution in [0.5, 0.6) is 0 Å². The molecule has 0 atom stereocenters. The summed E-state index contributed by atoms with van der Waals surface area (Å²) >= 11 is 2.27. The average molecular weight is 357 g/mol. The number of nitrogens with one attached hydrogen (secondary N) is 1. The zero-order chi connectivity index (χ0) is 13.0. The molecule has 1 N–H and O–H groups in total. The van der Waals surface area contributed by atoms with E-state index >= 15 is 0 Å². The lowest BCUT2D eigenvalue weighted by molar-refractivity contribution is 0.0955. The molecular weight excluding hydrogens is 344 g/mol. The largest absolute Gasteiger partial charge is 0.352 e. The van der Waals surface area contributed by atoms with E-state index in [-0.39, 0.29) is 11.7 Å². The van der Waals surface area contributed by atoms with Crippen molar-refractivity contribution in [3.8, 4) is 0 Å². The molecule has 0 spiro atoms. The van der Waals surface area contributed by atoms with E-state index in [1.807, 2.05) is 6.07 Å². The van der Waals surface area contributed by atoms with Crippen LogP contribution in [0.2, 0.25) is 0 Å². The zero-order valence-corrected chi connectivity index (χ0v) is 11.9. The van der Waals surface area contributed by atoms with Crippen LogP contribution in [0.15, 0.2) is 36.4 Å². The number of carbonyl (C=O) groups is 1. The molecule has 94 valence electrons. The van der Waals surface area contributed by atoms with E-state index in [0.717, 1.165) is 10.8 Å². The van der Waals surface area contributed by atoms with Crippen molar-refractivity contribution in [1.29, 1.82) is 0 Å². The third-order valence-electron chi connectivity index (χ3n) is 2.71. The molecule has 2 aromatic carbocycles. The summed E-state index contributed by atoms with van der Waals surface area (Å²) in [4.78, 5) is 12.0. The maximum atomic E-state index is 13.6. The Labute approximate surface area is 119 Å². The van der Waals surface area contributed by atoms with Crippen LogP contribution < -0.4 is 5.32 Å². The smallest absolute Gasteiger partial charge is 0.251 e. The lowest BCUT2D eigenvalue weighted by Crippen LogP contribution is -2.24. The topological polar surface area (TPSA) is 29.1 Å². The van der Waals surface area contributed by atoms with Gasteiger partial charge in [0.2, 0.25) is 0 Å². The molecule has 18 heavy (non-hydrogen) atoms. The molecule has 4 heteroatoms. The second kappa shape index (κ2) is 6.13. The number of amides is 1. The van der Waals surface area contributed by atoms with Crippen LogP contribution in [0.3, 0.4) is 0 Å². The lowest BCUT2D eigenvalue weighted by Gasteiger charge is -2.08. The first kappa shape index (κ1) is 13.3. The van der Waals surface area contributed by atoms with Crippen molar-refractivity contribution in [2.45, 2.75) is 6.42 Å². The number of rotatable bonds is 4. The van der Waals surface area contributed by atoms with Gasteiger partial charge in [-0.2, -0.15) is 0 Å². The van der Waals surface area contributed by atoms with Crippen LogP contribution in [0.1, 0.15) is 16.8 Å². The number of benzene rings is 2. The molecule has 0 unspecified atom stereocenters. The molecule has 0 aliphatic heterocycles. The van der Waals surface area contributed by atoms with Gasteiger partial charge in [0.15, 0.2) is 0 Å². The van der Waals surface area contributed by atoms with E-state index in [1.54, 1.807) is 18.2 Å². The van der Waals surface area contributed by atoms with Gasteiger partial charge in [0.1, 0.15) is 5.82 Å². The number of fused-ring (bicyclic) bond motifs is 1. The van der Waals surface area contributed by atoms with Crippen LogP contribution in [0, 0.1) is 5.82 Å². The number of halogens is 2. The summed E-state index contributed by atoms with van der Waals surface area (Å²) in [6.07, 6.45) is 0.936. The second-order valence-electron chi connectivity index (χ2n) is 3.94. The highest BCUT2D eigenvalue weighted by Gasteiger charge is 2.11. The van der Waals surface area contributed by atoms with E-state index in [0.29, 0.717) is 22.9 Å². The molecule has 0 heterocycles. The Hall–Kier alpha value is -1.17. The van der Waals surface area contributed by atoms with Gasteiger partial charge in [0.25, 0.3) is 5.91 Å². The first-order chi connectivity index (χ1) is 8.74. The number of hydrogen-bond donors (Lipinski definition) is 1. The maximum Gasteiger partial charge on any atom is 0.251 e. The van der Waals surface area contributed by atoms with Crippen LogP contribution in [-0.4, -0.2) is 16.9 Å². The Morgan fingerprint density at radius 1 is 1.17 bits per heavy atom. The van der Waals surface area contributed by atoms with Gasteiger partial charge in [-0.05, 0) is 23.9 Å². The third-order valence-corrected chi connectivity index (χ3v) is 3.47. The van der Waals surface area contributed by atoms with Crippen molar-refractivity contribution in [3.63, 3.8) is 0 Å². The average Bonchev–Trinajstić information content (AvgIpc) is 2.39. The molecule has 0 aromatic heterocycles. The molecule has 0 saturated heterocycles. The van der Waals surface area contributed by atoms with Gasteiger partial charge in [-0.3, -0.25) is 4.79 Å². The summed E-state index contributed by atoms with van der Waals surface area (Å²) in [6.45, 7) is 0.646.